The summed E-state index contributed by atoms with van der Waals surface area (Å²) in [4.78, 5) is 99.4. The molecule has 2 unspecified atom stereocenters. The summed E-state index contributed by atoms with van der Waals surface area (Å²) >= 11 is -20.5. The predicted octanol–water partition coefficient (Wildman–Crippen LogP) is 16.3. The van der Waals surface area contributed by atoms with Gasteiger partial charge >= 0.3 is 809 Å². The van der Waals surface area contributed by atoms with Crippen LogP contribution in [0.1, 0.15) is 263 Å². The van der Waals surface area contributed by atoms with Gasteiger partial charge in [0.15, 0.2) is 0 Å². The number of aliphatic hydroxyl groups excluding tert-OH is 2. The third-order valence-corrected chi connectivity index (χ3v) is 45.6. The molecular formula is C105H116F6N12O14Sn3. The molecule has 35 heteroatoms. The van der Waals surface area contributed by atoms with Crippen molar-refractivity contribution in [3.63, 3.8) is 0 Å². The van der Waals surface area contributed by atoms with Crippen molar-refractivity contribution in [1.82, 2.24) is 16.7 Å². The van der Waals surface area contributed by atoms with Gasteiger partial charge in [-0.15, -0.1) is 0 Å². The molecule has 0 aromatic carbocycles. The van der Waals surface area contributed by atoms with E-state index in [9.17, 15) is 69.6 Å². The van der Waals surface area contributed by atoms with Crippen molar-refractivity contribution >= 4 is 209 Å². The minimum atomic E-state index is -6.96. The Morgan fingerprint density at radius 3 is 1.10 bits per heavy atom. The molecule has 0 radical (unpaired) electrons. The van der Waals surface area contributed by atoms with Crippen molar-refractivity contribution in [3.05, 3.63) is 253 Å². The summed E-state index contributed by atoms with van der Waals surface area (Å²) in [5, 5.41) is 80.9. The molecule has 0 spiro atoms. The number of hydrogen-bond donors (Lipinski definition) is 8. The number of aromatic nitrogens is 6. The van der Waals surface area contributed by atoms with Gasteiger partial charge in [-0.1, -0.05) is 22.3 Å². The Morgan fingerprint density at radius 2 is 0.650 bits per heavy atom. The van der Waals surface area contributed by atoms with E-state index in [1.165, 1.54) is 15.3 Å². The van der Waals surface area contributed by atoms with E-state index in [4.69, 9.17) is 30.0 Å². The van der Waals surface area contributed by atoms with Crippen molar-refractivity contribution in [2.45, 2.75) is 235 Å². The van der Waals surface area contributed by atoms with Crippen molar-refractivity contribution in [1.29, 1.82) is 0 Å². The maximum atomic E-state index is 18.0. The Kier molecular flexibility index (Phi) is 29.7. The summed E-state index contributed by atoms with van der Waals surface area (Å²) in [5.74, 6) is -6.10. The number of carbonyl (C=O) groups is 6. The van der Waals surface area contributed by atoms with E-state index in [1.54, 1.807) is 134 Å². The fourth-order valence-electron chi connectivity index (χ4n) is 21.1. The number of aliphatic hydroxyl groups is 2. The molecule has 6 aromatic rings. The summed E-state index contributed by atoms with van der Waals surface area (Å²) in [7, 11) is 0. The number of carboxylic acids is 6. The number of hydrogen-bond acceptors (Lipinski definition) is 14. The zero-order valence-electron chi connectivity index (χ0n) is 78.7. The first kappa shape index (κ1) is 105. The predicted molar refractivity (Wildman–Crippen MR) is 545 cm³/mol. The molecule has 0 amide bonds. The van der Waals surface area contributed by atoms with Gasteiger partial charge < -0.3 is 0 Å². The standard InChI is InChI=1S/C34H38N4O6.C34H38N4O4.C34H34N4O4.3CH4.6FH.3Sn/c1-15-21(7-9-31(41)42)27-14-28-22(8-10-32(43)44)16(2)24(36-28)12-29-34(20(6)40)18(4)26(38-29)13-30-33(19(5)39)17(3)25(37-30)11-23(15)35-27;2*1-7-21-17(3)25-13-26-19(5)23(9-11-33(39)40)31(37-26)16-32-24(10-12-34(41)42)20(6)28(38-32)15-30-22(8-2)18(4)27(36-30)14-29(21)35-25;;;;;;;;;;;;/h11-14,19-20,39-40H,7-10H2,1-6H3,(H4,35,36,37,38,41,42,43,44);13-16H,7-12H2,1-6H3,(H4,35,36,37,38,39,40,41,42);7-8,13-16H,1-2,9-12H2,3-6H3,(H4,35,36,37,38,39,40,41,42);3*1H4;6*1H;;;/q;;;;;;;;;;;;3*+4/p-12. The monoisotopic (exact) mass is 2240 g/mol. The Hall–Kier alpha value is -12.0. The Bertz CT molecular complexity index is 7700. The normalized spacial score (nSPS) is 17.7. The molecule has 12 aliphatic rings. The Labute approximate surface area is 824 Å². The first-order chi connectivity index (χ1) is 64.6. The van der Waals surface area contributed by atoms with Crippen LogP contribution in [-0.4, -0.2) is 194 Å². The van der Waals surface area contributed by atoms with Gasteiger partial charge in [-0.3, -0.25) is 0 Å². The van der Waals surface area contributed by atoms with Crippen LogP contribution in [0.2, 0.25) is 0 Å². The Morgan fingerprint density at radius 1 is 0.321 bits per heavy atom. The van der Waals surface area contributed by atoms with Crippen LogP contribution >= 0.6 is 0 Å². The van der Waals surface area contributed by atoms with Gasteiger partial charge in [-0.2, -0.15) is 0 Å². The molecule has 0 saturated carbocycles. The summed E-state index contributed by atoms with van der Waals surface area (Å²) in [5.41, 5.74) is 22.3. The van der Waals surface area contributed by atoms with E-state index in [2.05, 4.69) is 13.2 Å². The molecule has 2 atom stereocenters. The second kappa shape index (κ2) is 39.5. The summed E-state index contributed by atoms with van der Waals surface area (Å²) in [6, 6.07) is 0. The van der Waals surface area contributed by atoms with Crippen molar-refractivity contribution < 1.29 is 86.8 Å². The van der Waals surface area contributed by atoms with Crippen LogP contribution in [-0.2, 0) is 54.5 Å². The first-order valence-corrected chi connectivity index (χ1v) is 59.5. The van der Waals surface area contributed by atoms with Crippen LogP contribution in [0.4, 0.5) is 17.2 Å². The molecule has 6 aromatic heterocycles. The number of carboxylic acid groups (broad SMARTS) is 6. The number of aliphatic carboxylic acids is 6. The van der Waals surface area contributed by atoms with E-state index >= 15 is 17.2 Å². The van der Waals surface area contributed by atoms with Crippen LogP contribution in [0.5, 0.6) is 0 Å². The van der Waals surface area contributed by atoms with E-state index in [0.29, 0.717) is 198 Å². The van der Waals surface area contributed by atoms with E-state index in [-0.39, 0.29) is 144 Å². The van der Waals surface area contributed by atoms with Crippen LogP contribution in [0.15, 0.2) is 150 Å². The first-order valence-electron chi connectivity index (χ1n) is 45.3. The molecular weight excluding hydrogens is 2120 g/mol. The van der Waals surface area contributed by atoms with Gasteiger partial charge in [-0.25, -0.2) is 0 Å². The molecule has 26 nitrogen and oxygen atoms in total. The topological polar surface area (TPSA) is 368 Å². The average molecular weight is 2240 g/mol. The zero-order valence-corrected chi connectivity index (χ0v) is 87.3. The van der Waals surface area contributed by atoms with Gasteiger partial charge in [0.1, 0.15) is 0 Å². The maximum absolute atomic E-state index is 18.0. The van der Waals surface area contributed by atoms with Crippen LogP contribution in [0, 0.1) is 41.5 Å². The molecule has 18 rings (SSSR count). The number of rotatable bonds is 24. The molecule has 0 saturated heterocycles. The average Bonchev–Trinajstić information content (AvgIpc) is 1.55. The number of aliphatic imine (C=N–C) groups is 6. The van der Waals surface area contributed by atoms with E-state index in [0.717, 1.165) is 47.4 Å². The van der Waals surface area contributed by atoms with Crippen molar-refractivity contribution in [2.24, 2.45) is 30.0 Å². The molecule has 18 bridgehead atoms. The number of allylic oxidation sites excluding steroid dienone is 11. The number of fused-ring (bicyclic) bond motifs is 6. The molecule has 12 aliphatic heterocycles. The third kappa shape index (κ3) is 17.6. The van der Waals surface area contributed by atoms with E-state index in [1.807, 2.05) is 54.5 Å². The third-order valence-electron chi connectivity index (χ3n) is 28.1. The Balaban J connectivity index is 0.000000175. The molecule has 0 aliphatic carbocycles. The molecule has 0 fully saturated rings. The second-order valence-corrected chi connectivity index (χ2v) is 52.4. The van der Waals surface area contributed by atoms with Crippen LogP contribution in [0.3, 0.4) is 0 Å². The molecule has 18 heterocycles. The van der Waals surface area contributed by atoms with E-state index < -0.39 is 108 Å². The molecule has 734 valence electrons. The fourth-order valence-corrected chi connectivity index (χ4v) is 40.1. The van der Waals surface area contributed by atoms with Crippen LogP contribution in [0.25, 0.3) is 79.0 Å². The molecule has 8 N–H and O–H groups in total. The fraction of sp³-hybridized carbons (Fsp3) is 0.333. The molecule has 140 heavy (non-hydrogen) atoms. The number of halogens is 6. The van der Waals surface area contributed by atoms with Crippen molar-refractivity contribution in [2.75, 3.05) is 0 Å². The number of nitrogens with zero attached hydrogens (tertiary/aromatic N) is 12. The minimum absolute atomic E-state index is 0. The summed E-state index contributed by atoms with van der Waals surface area (Å²) in [6.45, 7) is 36.8. The SMILES string of the molecule is C.C.C.C=CC1=C(C)C2=NC1=Cc1c(C)c(C=C)c3[n]1[Sn]([F])([F])[n]1c(c(C)c(CCC(=O)O)c1=CC1=NC(=C3)C(C)=C1CCC(=O)O)=C2.CC1=C(CCC(=O)O)C2=NC1=Cc1c(C(C)O)c(C)c3[n]1[Sn]([F])([F])[n]1c(c(C)c(CCC(=O)O)c1=C2)=CC1=NC(=C3)C(C(C)O)=C1C.CCC1=C(C)C2=Cc3c(C)c(CCC(=O)O)c4[n]3[Sn]([F])([F])[n]3c(c(C)c(CC)c3=CC3=NC(=C4)C(CCC(=O)O)=C3C)=CC1=N2. The van der Waals surface area contributed by atoms with Gasteiger partial charge in [-0.05, 0) is 0 Å². The van der Waals surface area contributed by atoms with Gasteiger partial charge in [0, 0.05) is 0 Å². The van der Waals surface area contributed by atoms with Crippen LogP contribution < -0.4 is 32.1 Å². The summed E-state index contributed by atoms with van der Waals surface area (Å²) < 4.78 is 115. The quantitative estimate of drug-likeness (QED) is 0.0206. The summed E-state index contributed by atoms with van der Waals surface area (Å²) in [6.07, 6.45) is 21.5. The second-order valence-electron chi connectivity index (χ2n) is 36.0. The van der Waals surface area contributed by atoms with Gasteiger partial charge in [0.05, 0.1) is 0 Å². The zero-order chi connectivity index (χ0) is 99.3. The van der Waals surface area contributed by atoms with Crippen molar-refractivity contribution in [3.8, 4) is 0 Å². The van der Waals surface area contributed by atoms with Gasteiger partial charge in [0.25, 0.3) is 0 Å². The van der Waals surface area contributed by atoms with Gasteiger partial charge in [0.2, 0.25) is 0 Å².